The molecule has 0 spiro atoms. The predicted molar refractivity (Wildman–Crippen MR) is 82.9 cm³/mol. The molecule has 0 saturated carbocycles. The number of nitrogens with two attached hydrogens (primary N) is 1. The number of anilines is 1. The second kappa shape index (κ2) is 6.75. The van der Waals surface area contributed by atoms with Gasteiger partial charge in [0.1, 0.15) is 5.75 Å². The van der Waals surface area contributed by atoms with Gasteiger partial charge in [-0.15, -0.1) is 0 Å². The van der Waals surface area contributed by atoms with E-state index in [1.807, 2.05) is 13.0 Å². The van der Waals surface area contributed by atoms with Gasteiger partial charge in [0, 0.05) is 17.7 Å². The van der Waals surface area contributed by atoms with Crippen molar-refractivity contribution in [2.75, 3.05) is 11.9 Å². The molecular formula is C16H26N2O2. The van der Waals surface area contributed by atoms with Crippen molar-refractivity contribution in [2.24, 2.45) is 11.1 Å². The zero-order valence-corrected chi connectivity index (χ0v) is 12.9. The number of hydrogen-bond acceptors (Lipinski definition) is 3. The molecule has 0 aliphatic heterocycles. The van der Waals surface area contributed by atoms with E-state index in [0.29, 0.717) is 24.2 Å². The fraction of sp³-hybridized carbons (Fsp3) is 0.562. The van der Waals surface area contributed by atoms with Gasteiger partial charge in [0.15, 0.2) is 0 Å². The van der Waals surface area contributed by atoms with Crippen LogP contribution in [0.4, 0.5) is 5.69 Å². The van der Waals surface area contributed by atoms with Gasteiger partial charge >= 0.3 is 0 Å². The molecule has 1 amide bonds. The molecule has 4 heteroatoms. The number of amides is 1. The Morgan fingerprint density at radius 2 is 1.95 bits per heavy atom. The number of aromatic hydroxyl groups is 1. The molecule has 0 saturated heterocycles. The molecule has 4 N–H and O–H groups in total. The highest BCUT2D eigenvalue weighted by atomic mass is 16.3. The molecule has 0 heterocycles. The predicted octanol–water partition coefficient (Wildman–Crippen LogP) is 3.10. The van der Waals surface area contributed by atoms with Crippen molar-refractivity contribution in [2.45, 2.75) is 47.0 Å². The van der Waals surface area contributed by atoms with Crippen molar-refractivity contribution >= 4 is 11.6 Å². The summed E-state index contributed by atoms with van der Waals surface area (Å²) in [5.74, 6) is 0.215. The van der Waals surface area contributed by atoms with Crippen LogP contribution in [0.5, 0.6) is 5.75 Å². The second-order valence-corrected chi connectivity index (χ2v) is 6.15. The van der Waals surface area contributed by atoms with E-state index < -0.39 is 0 Å². The van der Waals surface area contributed by atoms with Crippen LogP contribution in [0.25, 0.3) is 0 Å². The minimum absolute atomic E-state index is 0.0264. The number of aryl methyl sites for hydroxylation is 1. The Morgan fingerprint density at radius 3 is 2.55 bits per heavy atom. The van der Waals surface area contributed by atoms with Crippen molar-refractivity contribution in [1.82, 2.24) is 0 Å². The third kappa shape index (κ3) is 4.53. The highest BCUT2D eigenvalue weighted by Gasteiger charge is 2.18. The summed E-state index contributed by atoms with van der Waals surface area (Å²) in [6.07, 6.45) is 2.17. The summed E-state index contributed by atoms with van der Waals surface area (Å²) in [5.41, 5.74) is 7.84. The highest BCUT2D eigenvalue weighted by molar-refractivity contribution is 5.92. The standard InChI is InChI=1S/C16H26N2O2/c1-11-5-6-13(12(2)15(11)20)18-14(19)7-8-16(3,4)9-10-17/h5-6,20H,7-10,17H2,1-4H3,(H,18,19). The Kier molecular flexibility index (Phi) is 5.57. The molecule has 0 unspecified atom stereocenters. The van der Waals surface area contributed by atoms with Crippen molar-refractivity contribution in [1.29, 1.82) is 0 Å². The van der Waals surface area contributed by atoms with Crippen LogP contribution in [0.3, 0.4) is 0 Å². The molecule has 0 aliphatic rings. The zero-order valence-electron chi connectivity index (χ0n) is 12.9. The first kappa shape index (κ1) is 16.5. The lowest BCUT2D eigenvalue weighted by Crippen LogP contribution is -2.20. The van der Waals surface area contributed by atoms with Gasteiger partial charge in [0.25, 0.3) is 0 Å². The van der Waals surface area contributed by atoms with Gasteiger partial charge in [-0.2, -0.15) is 0 Å². The maximum Gasteiger partial charge on any atom is 0.224 e. The lowest BCUT2D eigenvalue weighted by atomic mass is 9.84. The van der Waals surface area contributed by atoms with Gasteiger partial charge in [-0.25, -0.2) is 0 Å². The van der Waals surface area contributed by atoms with Gasteiger partial charge in [-0.1, -0.05) is 19.9 Å². The maximum atomic E-state index is 12.0. The van der Waals surface area contributed by atoms with Crippen LogP contribution < -0.4 is 11.1 Å². The Balaban J connectivity index is 2.62. The Bertz CT molecular complexity index is 482. The van der Waals surface area contributed by atoms with E-state index in [1.165, 1.54) is 0 Å². The topological polar surface area (TPSA) is 75.4 Å². The molecule has 0 bridgehead atoms. The van der Waals surface area contributed by atoms with Gasteiger partial charge < -0.3 is 16.2 Å². The lowest BCUT2D eigenvalue weighted by molar-refractivity contribution is -0.116. The number of benzene rings is 1. The smallest absolute Gasteiger partial charge is 0.224 e. The molecule has 0 aromatic heterocycles. The number of nitrogens with one attached hydrogen (secondary N) is 1. The minimum atomic E-state index is -0.0264. The number of phenols is 1. The summed E-state index contributed by atoms with van der Waals surface area (Å²) >= 11 is 0. The summed E-state index contributed by atoms with van der Waals surface area (Å²) in [5, 5.41) is 12.7. The van der Waals surface area contributed by atoms with Crippen LogP contribution in [-0.2, 0) is 4.79 Å². The summed E-state index contributed by atoms with van der Waals surface area (Å²) < 4.78 is 0. The maximum absolute atomic E-state index is 12.0. The van der Waals surface area contributed by atoms with E-state index in [-0.39, 0.29) is 17.1 Å². The summed E-state index contributed by atoms with van der Waals surface area (Å²) in [6.45, 7) is 8.52. The molecular weight excluding hydrogens is 252 g/mol. The monoisotopic (exact) mass is 278 g/mol. The first-order valence-electron chi connectivity index (χ1n) is 7.06. The van der Waals surface area contributed by atoms with Crippen molar-refractivity contribution in [3.63, 3.8) is 0 Å². The van der Waals surface area contributed by atoms with Crippen LogP contribution in [0, 0.1) is 19.3 Å². The van der Waals surface area contributed by atoms with Crippen molar-refractivity contribution in [3.05, 3.63) is 23.3 Å². The zero-order chi connectivity index (χ0) is 15.3. The molecule has 0 fully saturated rings. The number of carbonyl (C=O) groups is 1. The van der Waals surface area contributed by atoms with E-state index in [1.54, 1.807) is 13.0 Å². The number of hydrogen-bond donors (Lipinski definition) is 3. The first-order valence-corrected chi connectivity index (χ1v) is 7.06. The van der Waals surface area contributed by atoms with E-state index in [2.05, 4.69) is 19.2 Å². The van der Waals surface area contributed by atoms with E-state index in [4.69, 9.17) is 5.73 Å². The number of phenolic OH excluding ortho intramolecular Hbond substituents is 1. The van der Waals surface area contributed by atoms with Crippen LogP contribution in [0.2, 0.25) is 0 Å². The summed E-state index contributed by atoms with van der Waals surface area (Å²) in [4.78, 5) is 12.0. The third-order valence-electron chi connectivity index (χ3n) is 3.76. The summed E-state index contributed by atoms with van der Waals surface area (Å²) in [7, 11) is 0. The molecule has 4 nitrogen and oxygen atoms in total. The Hall–Kier alpha value is -1.55. The van der Waals surface area contributed by atoms with Gasteiger partial charge in [-0.05, 0) is 50.3 Å². The SMILES string of the molecule is Cc1ccc(NC(=O)CCC(C)(C)CCN)c(C)c1O. The molecule has 112 valence electrons. The number of carbonyl (C=O) groups excluding carboxylic acids is 1. The van der Waals surface area contributed by atoms with Gasteiger partial charge in [-0.3, -0.25) is 4.79 Å². The highest BCUT2D eigenvalue weighted by Crippen LogP contribution is 2.29. The quantitative estimate of drug-likeness (QED) is 0.748. The van der Waals surface area contributed by atoms with E-state index in [9.17, 15) is 9.90 Å². The molecule has 0 aliphatic carbocycles. The Morgan fingerprint density at radius 1 is 1.30 bits per heavy atom. The molecule has 1 aromatic rings. The molecule has 1 rings (SSSR count). The minimum Gasteiger partial charge on any atom is -0.507 e. The average Bonchev–Trinajstić information content (AvgIpc) is 2.37. The van der Waals surface area contributed by atoms with E-state index in [0.717, 1.165) is 18.4 Å². The van der Waals surface area contributed by atoms with Crippen LogP contribution in [0.1, 0.15) is 44.2 Å². The largest absolute Gasteiger partial charge is 0.507 e. The summed E-state index contributed by atoms with van der Waals surface area (Å²) in [6, 6.07) is 3.63. The van der Waals surface area contributed by atoms with E-state index >= 15 is 0 Å². The number of rotatable bonds is 6. The molecule has 0 atom stereocenters. The average molecular weight is 278 g/mol. The van der Waals surface area contributed by atoms with Crippen LogP contribution in [-0.4, -0.2) is 17.6 Å². The van der Waals surface area contributed by atoms with Crippen molar-refractivity contribution < 1.29 is 9.90 Å². The second-order valence-electron chi connectivity index (χ2n) is 6.15. The fourth-order valence-corrected chi connectivity index (χ4v) is 2.15. The van der Waals surface area contributed by atoms with Crippen molar-refractivity contribution in [3.8, 4) is 5.75 Å². The van der Waals surface area contributed by atoms with Gasteiger partial charge in [0.05, 0.1) is 0 Å². The lowest BCUT2D eigenvalue weighted by Gasteiger charge is -2.23. The van der Waals surface area contributed by atoms with Crippen LogP contribution in [0.15, 0.2) is 12.1 Å². The normalized spacial score (nSPS) is 11.4. The Labute approximate surface area is 121 Å². The molecule has 1 aromatic carbocycles. The fourth-order valence-electron chi connectivity index (χ4n) is 2.15. The first-order chi connectivity index (χ1) is 9.26. The van der Waals surface area contributed by atoms with Gasteiger partial charge in [0.2, 0.25) is 5.91 Å². The van der Waals surface area contributed by atoms with Crippen LogP contribution >= 0.6 is 0 Å². The molecule has 0 radical (unpaired) electrons. The third-order valence-corrected chi connectivity index (χ3v) is 3.76. The molecule has 20 heavy (non-hydrogen) atoms.